The lowest BCUT2D eigenvalue weighted by Gasteiger charge is -2.12. The number of rotatable bonds is 7. The van der Waals surface area contributed by atoms with Crippen LogP contribution in [0.1, 0.15) is 32.0 Å². The first kappa shape index (κ1) is 22.3. The van der Waals surface area contributed by atoms with Gasteiger partial charge in [0.05, 0.1) is 10.5 Å². The Labute approximate surface area is 191 Å². The average molecular weight is 464 g/mol. The summed E-state index contributed by atoms with van der Waals surface area (Å²) in [7, 11) is -3.95. The Kier molecular flexibility index (Phi) is 6.02. The Bertz CT molecular complexity index is 1440. The van der Waals surface area contributed by atoms with E-state index in [1.165, 1.54) is 18.2 Å². The highest BCUT2D eigenvalue weighted by Gasteiger charge is 2.21. The van der Waals surface area contributed by atoms with Crippen LogP contribution >= 0.6 is 0 Å². The van der Waals surface area contributed by atoms with Gasteiger partial charge >= 0.3 is 5.97 Å². The molecule has 0 saturated carbocycles. The van der Waals surface area contributed by atoms with Crippen LogP contribution in [0, 0.1) is 13.8 Å². The minimum absolute atomic E-state index is 0.0163. The van der Waals surface area contributed by atoms with E-state index in [9.17, 15) is 18.0 Å². The molecule has 1 aromatic heterocycles. The fraction of sp³-hybridized carbons (Fsp3) is 0.120. The normalized spacial score (nSPS) is 11.3. The maximum atomic E-state index is 12.9. The van der Waals surface area contributed by atoms with Gasteiger partial charge in [-0.2, -0.15) is 0 Å². The summed E-state index contributed by atoms with van der Waals surface area (Å²) in [6.07, 6.45) is 0. The van der Waals surface area contributed by atoms with Gasteiger partial charge in [0, 0.05) is 11.1 Å². The standard InChI is InChI=1S/C25H21NO6S/c1-16-6-5-8-20(12-16)26-33(29,30)24-14-19(11-10-17(24)2)25(28)31-15-21(27)23-13-18-7-3-4-9-22(18)32-23/h3-14,26H,15H2,1-2H3. The number of ketones is 1. The number of para-hydroxylation sites is 1. The number of benzene rings is 3. The molecule has 0 fully saturated rings. The van der Waals surface area contributed by atoms with E-state index in [2.05, 4.69) is 4.72 Å². The molecule has 7 nitrogen and oxygen atoms in total. The summed E-state index contributed by atoms with van der Waals surface area (Å²) in [5.41, 5.74) is 2.35. The first-order valence-electron chi connectivity index (χ1n) is 10.1. The van der Waals surface area contributed by atoms with Crippen LogP contribution < -0.4 is 4.72 Å². The molecule has 168 valence electrons. The molecule has 3 aromatic carbocycles. The van der Waals surface area contributed by atoms with Gasteiger partial charge in [-0.1, -0.05) is 36.4 Å². The molecule has 0 bridgehead atoms. The van der Waals surface area contributed by atoms with Gasteiger partial charge in [0.2, 0.25) is 5.78 Å². The number of hydrogen-bond donors (Lipinski definition) is 1. The van der Waals surface area contributed by atoms with Crippen molar-refractivity contribution in [1.82, 2.24) is 0 Å². The number of carbonyl (C=O) groups is 2. The van der Waals surface area contributed by atoms with E-state index in [1.807, 2.05) is 19.1 Å². The summed E-state index contributed by atoms with van der Waals surface area (Å²) < 4.78 is 39.0. The van der Waals surface area contributed by atoms with Crippen molar-refractivity contribution in [1.29, 1.82) is 0 Å². The number of esters is 1. The van der Waals surface area contributed by atoms with Crippen LogP contribution in [0.2, 0.25) is 0 Å². The van der Waals surface area contributed by atoms with E-state index in [4.69, 9.17) is 9.15 Å². The number of aryl methyl sites for hydroxylation is 2. The largest absolute Gasteiger partial charge is 0.454 e. The van der Waals surface area contributed by atoms with Crippen molar-refractivity contribution in [2.75, 3.05) is 11.3 Å². The van der Waals surface area contributed by atoms with Gasteiger partial charge in [0.15, 0.2) is 12.4 Å². The maximum absolute atomic E-state index is 12.9. The van der Waals surface area contributed by atoms with Crippen molar-refractivity contribution in [3.8, 4) is 0 Å². The Morgan fingerprint density at radius 1 is 0.939 bits per heavy atom. The Morgan fingerprint density at radius 3 is 2.48 bits per heavy atom. The molecule has 4 rings (SSSR count). The van der Waals surface area contributed by atoms with Crippen molar-refractivity contribution in [3.05, 3.63) is 95.2 Å². The average Bonchev–Trinajstić information content (AvgIpc) is 3.21. The van der Waals surface area contributed by atoms with E-state index in [-0.39, 0.29) is 16.2 Å². The van der Waals surface area contributed by atoms with Crippen LogP contribution in [0.4, 0.5) is 5.69 Å². The van der Waals surface area contributed by atoms with Crippen LogP contribution in [-0.2, 0) is 14.8 Å². The Morgan fingerprint density at radius 2 is 1.73 bits per heavy atom. The minimum atomic E-state index is -3.95. The molecule has 0 amide bonds. The topological polar surface area (TPSA) is 103 Å². The zero-order chi connectivity index (χ0) is 23.6. The highest BCUT2D eigenvalue weighted by molar-refractivity contribution is 7.92. The molecule has 0 aliphatic rings. The summed E-state index contributed by atoms with van der Waals surface area (Å²) >= 11 is 0. The van der Waals surface area contributed by atoms with Crippen molar-refractivity contribution >= 4 is 38.4 Å². The minimum Gasteiger partial charge on any atom is -0.454 e. The molecule has 0 radical (unpaired) electrons. The van der Waals surface area contributed by atoms with Crippen LogP contribution in [0.25, 0.3) is 11.0 Å². The zero-order valence-corrected chi connectivity index (χ0v) is 18.8. The maximum Gasteiger partial charge on any atom is 0.338 e. The van der Waals surface area contributed by atoms with Crippen LogP contribution in [0.5, 0.6) is 0 Å². The fourth-order valence-electron chi connectivity index (χ4n) is 3.34. The molecule has 0 saturated heterocycles. The van der Waals surface area contributed by atoms with Gasteiger partial charge in [-0.05, 0) is 61.4 Å². The number of fused-ring (bicyclic) bond motifs is 1. The third kappa shape index (κ3) is 4.96. The molecule has 1 N–H and O–H groups in total. The zero-order valence-electron chi connectivity index (χ0n) is 18.0. The molecule has 33 heavy (non-hydrogen) atoms. The van der Waals surface area contributed by atoms with E-state index < -0.39 is 28.4 Å². The number of Topliss-reactive ketones (excluding diaryl/α,β-unsaturated/α-hetero) is 1. The van der Waals surface area contributed by atoms with E-state index in [0.29, 0.717) is 16.8 Å². The monoisotopic (exact) mass is 463 g/mol. The molecule has 1 heterocycles. The summed E-state index contributed by atoms with van der Waals surface area (Å²) in [5, 5.41) is 0.765. The summed E-state index contributed by atoms with van der Waals surface area (Å²) in [6.45, 7) is 2.95. The van der Waals surface area contributed by atoms with E-state index in [0.717, 1.165) is 10.9 Å². The second-order valence-corrected chi connectivity index (χ2v) is 9.25. The van der Waals surface area contributed by atoms with Crippen molar-refractivity contribution in [3.63, 3.8) is 0 Å². The van der Waals surface area contributed by atoms with Gasteiger partial charge in [-0.3, -0.25) is 9.52 Å². The Balaban J connectivity index is 1.49. The molecule has 0 spiro atoms. The predicted octanol–water partition coefficient (Wildman–Crippen LogP) is 4.89. The third-order valence-electron chi connectivity index (χ3n) is 5.02. The third-order valence-corrected chi connectivity index (χ3v) is 6.54. The second kappa shape index (κ2) is 8.91. The van der Waals surface area contributed by atoms with Gasteiger partial charge in [-0.25, -0.2) is 13.2 Å². The van der Waals surface area contributed by atoms with Crippen molar-refractivity contribution < 1.29 is 27.2 Å². The smallest absolute Gasteiger partial charge is 0.338 e. The molecule has 0 unspecified atom stereocenters. The first-order chi connectivity index (χ1) is 15.7. The van der Waals surface area contributed by atoms with Crippen LogP contribution in [0.3, 0.4) is 0 Å². The Hall–Kier alpha value is -3.91. The second-order valence-electron chi connectivity index (χ2n) is 7.60. The van der Waals surface area contributed by atoms with Crippen molar-refractivity contribution in [2.45, 2.75) is 18.7 Å². The lowest BCUT2D eigenvalue weighted by atomic mass is 10.1. The van der Waals surface area contributed by atoms with Gasteiger partial charge < -0.3 is 9.15 Å². The van der Waals surface area contributed by atoms with Gasteiger partial charge in [-0.15, -0.1) is 0 Å². The molecule has 4 aromatic rings. The highest BCUT2D eigenvalue weighted by Crippen LogP contribution is 2.22. The molecular formula is C25H21NO6S. The molecule has 0 aliphatic carbocycles. The molecule has 8 heteroatoms. The van der Waals surface area contributed by atoms with E-state index in [1.54, 1.807) is 49.4 Å². The lowest BCUT2D eigenvalue weighted by molar-refractivity contribution is 0.0468. The number of ether oxygens (including phenoxy) is 1. The number of carbonyl (C=O) groups excluding carboxylic acids is 2. The SMILES string of the molecule is Cc1cccc(NS(=O)(=O)c2cc(C(=O)OCC(=O)c3cc4ccccc4o3)ccc2C)c1. The summed E-state index contributed by atoms with van der Waals surface area (Å²) in [6, 6.07) is 19.9. The van der Waals surface area contributed by atoms with Crippen molar-refractivity contribution in [2.24, 2.45) is 0 Å². The fourth-order valence-corrected chi connectivity index (χ4v) is 4.66. The lowest BCUT2D eigenvalue weighted by Crippen LogP contribution is -2.17. The quantitative estimate of drug-likeness (QED) is 0.309. The summed E-state index contributed by atoms with van der Waals surface area (Å²) in [5.74, 6) is -1.23. The molecular weight excluding hydrogens is 442 g/mol. The summed E-state index contributed by atoms with van der Waals surface area (Å²) in [4.78, 5) is 24.9. The molecule has 0 atom stereocenters. The predicted molar refractivity (Wildman–Crippen MR) is 124 cm³/mol. The highest BCUT2D eigenvalue weighted by atomic mass is 32.2. The number of sulfonamides is 1. The number of furan rings is 1. The number of nitrogens with one attached hydrogen (secondary N) is 1. The molecule has 0 aliphatic heterocycles. The van der Waals surface area contributed by atoms with Gasteiger partial charge in [0.1, 0.15) is 5.58 Å². The van der Waals surface area contributed by atoms with Crippen LogP contribution in [0.15, 0.2) is 82.1 Å². The van der Waals surface area contributed by atoms with E-state index >= 15 is 0 Å². The number of hydrogen-bond acceptors (Lipinski definition) is 6. The first-order valence-corrected chi connectivity index (χ1v) is 11.6. The van der Waals surface area contributed by atoms with Crippen LogP contribution in [-0.4, -0.2) is 26.8 Å². The number of anilines is 1. The van der Waals surface area contributed by atoms with Gasteiger partial charge in [0.25, 0.3) is 10.0 Å².